The lowest BCUT2D eigenvalue weighted by Crippen LogP contribution is -2.36. The first kappa shape index (κ1) is 12.8. The minimum absolute atomic E-state index is 0.0605. The van der Waals surface area contributed by atoms with Gasteiger partial charge in [-0.2, -0.15) is 4.39 Å². The number of aromatic nitrogens is 1. The number of carboxylic acid groups (broad SMARTS) is 1. The highest BCUT2D eigenvalue weighted by Gasteiger charge is 2.51. The molecule has 3 rings (SSSR count). The van der Waals surface area contributed by atoms with E-state index < -0.39 is 29.7 Å². The highest BCUT2D eigenvalue weighted by atomic mass is 19.1. The number of halogens is 1. The van der Waals surface area contributed by atoms with Gasteiger partial charge in [0, 0.05) is 0 Å². The smallest absolute Gasteiger partial charge is 0.307 e. The first-order valence-electron chi connectivity index (χ1n) is 6.41. The number of nitrogens with one attached hydrogen (secondary N) is 1. The van der Waals surface area contributed by atoms with Gasteiger partial charge in [0.15, 0.2) is 0 Å². The van der Waals surface area contributed by atoms with E-state index in [9.17, 15) is 19.1 Å². The quantitative estimate of drug-likeness (QED) is 0.650. The number of carbonyl (C=O) groups is 2. The van der Waals surface area contributed by atoms with Gasteiger partial charge in [0.1, 0.15) is 5.82 Å². The fraction of sp³-hybridized carbons (Fsp3) is 0.357. The van der Waals surface area contributed by atoms with Crippen LogP contribution in [0.4, 0.5) is 10.2 Å². The average Bonchev–Trinajstić information content (AvgIpc) is 2.98. The van der Waals surface area contributed by atoms with Gasteiger partial charge in [-0.25, -0.2) is 4.98 Å². The van der Waals surface area contributed by atoms with Crippen LogP contribution in [-0.2, 0) is 9.59 Å². The number of carboxylic acids is 1. The molecule has 2 N–H and O–H groups in total. The van der Waals surface area contributed by atoms with E-state index in [1.807, 2.05) is 12.2 Å². The number of anilines is 1. The number of rotatable bonds is 3. The van der Waals surface area contributed by atoms with E-state index in [0.717, 1.165) is 0 Å². The lowest BCUT2D eigenvalue weighted by molar-refractivity contribution is -0.146. The summed E-state index contributed by atoms with van der Waals surface area (Å²) in [6.07, 6.45) is 4.45. The molecule has 4 unspecified atom stereocenters. The second-order valence-corrected chi connectivity index (χ2v) is 5.17. The van der Waals surface area contributed by atoms with Crippen molar-refractivity contribution in [3.8, 4) is 0 Å². The molecule has 104 valence electrons. The summed E-state index contributed by atoms with van der Waals surface area (Å²) in [7, 11) is 0. The van der Waals surface area contributed by atoms with Crippen LogP contribution in [0, 0.1) is 29.6 Å². The van der Waals surface area contributed by atoms with Gasteiger partial charge in [0.25, 0.3) is 0 Å². The number of pyridine rings is 1. The standard InChI is InChI=1S/C14H13FN2O3/c15-9-2-1-3-10(16-9)17-13(18)11-7-4-5-8(6-7)12(11)14(19)20/h1-5,7-8,11-12H,6H2,(H,19,20)(H,16,17,18). The maximum atomic E-state index is 13.0. The SMILES string of the molecule is O=C(O)C1C2C=CC(C2)C1C(=O)Nc1cccc(F)n1. The van der Waals surface area contributed by atoms with Gasteiger partial charge in [0.05, 0.1) is 11.8 Å². The second kappa shape index (κ2) is 4.70. The molecule has 1 fully saturated rings. The normalized spacial score (nSPS) is 30.4. The molecule has 0 spiro atoms. The molecule has 5 nitrogen and oxygen atoms in total. The van der Waals surface area contributed by atoms with Crippen molar-refractivity contribution in [2.24, 2.45) is 23.7 Å². The third-order valence-corrected chi connectivity index (χ3v) is 4.01. The van der Waals surface area contributed by atoms with Crippen molar-refractivity contribution >= 4 is 17.7 Å². The molecule has 2 aliphatic rings. The third kappa shape index (κ3) is 2.07. The summed E-state index contributed by atoms with van der Waals surface area (Å²) in [5, 5.41) is 11.8. The number of fused-ring (bicyclic) bond motifs is 2. The van der Waals surface area contributed by atoms with Crippen LogP contribution in [0.5, 0.6) is 0 Å². The fourth-order valence-electron chi connectivity index (χ4n) is 3.20. The molecule has 0 saturated heterocycles. The molecule has 20 heavy (non-hydrogen) atoms. The zero-order valence-corrected chi connectivity index (χ0v) is 10.5. The molecule has 1 amide bonds. The number of allylic oxidation sites excluding steroid dienone is 2. The minimum atomic E-state index is -0.964. The molecule has 1 heterocycles. The molecule has 1 aromatic rings. The van der Waals surface area contributed by atoms with E-state index >= 15 is 0 Å². The van der Waals surface area contributed by atoms with Crippen molar-refractivity contribution in [2.75, 3.05) is 5.32 Å². The van der Waals surface area contributed by atoms with Crippen molar-refractivity contribution < 1.29 is 19.1 Å². The van der Waals surface area contributed by atoms with E-state index in [2.05, 4.69) is 10.3 Å². The number of nitrogens with zero attached hydrogens (tertiary/aromatic N) is 1. The van der Waals surface area contributed by atoms with Crippen LogP contribution in [0.15, 0.2) is 30.4 Å². The highest BCUT2D eigenvalue weighted by Crippen LogP contribution is 2.48. The predicted molar refractivity (Wildman–Crippen MR) is 68.2 cm³/mol. The van der Waals surface area contributed by atoms with Crippen LogP contribution in [-0.4, -0.2) is 22.0 Å². The Bertz CT molecular complexity index is 602. The maximum absolute atomic E-state index is 13.0. The predicted octanol–water partition coefficient (Wildman–Crippen LogP) is 1.68. The van der Waals surface area contributed by atoms with Crippen LogP contribution in [0.2, 0.25) is 0 Å². The molecule has 2 bridgehead atoms. The monoisotopic (exact) mass is 276 g/mol. The summed E-state index contributed by atoms with van der Waals surface area (Å²) in [5.41, 5.74) is 0. The van der Waals surface area contributed by atoms with Crippen molar-refractivity contribution in [2.45, 2.75) is 6.42 Å². The van der Waals surface area contributed by atoms with Crippen molar-refractivity contribution in [1.29, 1.82) is 0 Å². The summed E-state index contributed by atoms with van der Waals surface area (Å²) in [6, 6.07) is 4.09. The lowest BCUT2D eigenvalue weighted by atomic mass is 9.82. The summed E-state index contributed by atoms with van der Waals surface area (Å²) in [6.45, 7) is 0. The van der Waals surface area contributed by atoms with Gasteiger partial charge in [-0.05, 0) is 30.4 Å². The number of hydrogen-bond donors (Lipinski definition) is 2. The maximum Gasteiger partial charge on any atom is 0.307 e. The van der Waals surface area contributed by atoms with Gasteiger partial charge < -0.3 is 10.4 Å². The number of carbonyl (C=O) groups excluding carboxylic acids is 1. The average molecular weight is 276 g/mol. The Hall–Kier alpha value is -2.24. The van der Waals surface area contributed by atoms with E-state index in [-0.39, 0.29) is 17.7 Å². The van der Waals surface area contributed by atoms with Crippen molar-refractivity contribution in [3.05, 3.63) is 36.3 Å². The topological polar surface area (TPSA) is 79.3 Å². The molecule has 0 aromatic carbocycles. The molecule has 4 atom stereocenters. The first-order chi connectivity index (χ1) is 9.56. The summed E-state index contributed by atoms with van der Waals surface area (Å²) in [4.78, 5) is 27.1. The summed E-state index contributed by atoms with van der Waals surface area (Å²) < 4.78 is 13.0. The fourth-order valence-corrected chi connectivity index (χ4v) is 3.20. The minimum Gasteiger partial charge on any atom is -0.481 e. The highest BCUT2D eigenvalue weighted by molar-refractivity contribution is 5.95. The Morgan fingerprint density at radius 3 is 2.60 bits per heavy atom. The summed E-state index contributed by atoms with van der Waals surface area (Å²) >= 11 is 0. The Kier molecular flexibility index (Phi) is 3.00. The van der Waals surface area contributed by atoms with Crippen molar-refractivity contribution in [3.63, 3.8) is 0 Å². The molecule has 0 aliphatic heterocycles. The molecular weight excluding hydrogens is 263 g/mol. The molecule has 0 radical (unpaired) electrons. The Morgan fingerprint density at radius 2 is 1.95 bits per heavy atom. The summed E-state index contributed by atoms with van der Waals surface area (Å²) in [5.74, 6) is -3.44. The number of aliphatic carboxylic acids is 1. The molecule has 1 aromatic heterocycles. The van der Waals surface area contributed by atoms with Crippen LogP contribution in [0.25, 0.3) is 0 Å². The molecule has 1 saturated carbocycles. The van der Waals surface area contributed by atoms with E-state index in [1.54, 1.807) is 0 Å². The number of hydrogen-bond acceptors (Lipinski definition) is 3. The van der Waals surface area contributed by atoms with E-state index in [1.165, 1.54) is 18.2 Å². The molecule has 6 heteroatoms. The molecular formula is C14H13FN2O3. The van der Waals surface area contributed by atoms with Gasteiger partial charge in [-0.1, -0.05) is 18.2 Å². The van der Waals surface area contributed by atoms with E-state index in [0.29, 0.717) is 6.42 Å². The first-order valence-corrected chi connectivity index (χ1v) is 6.41. The largest absolute Gasteiger partial charge is 0.481 e. The van der Waals surface area contributed by atoms with Crippen LogP contribution in [0.1, 0.15) is 6.42 Å². The van der Waals surface area contributed by atoms with E-state index in [4.69, 9.17) is 0 Å². The lowest BCUT2D eigenvalue weighted by Gasteiger charge is -2.23. The third-order valence-electron chi connectivity index (χ3n) is 4.01. The number of amides is 1. The Morgan fingerprint density at radius 1 is 1.25 bits per heavy atom. The van der Waals surface area contributed by atoms with Crippen LogP contribution >= 0.6 is 0 Å². The van der Waals surface area contributed by atoms with Gasteiger partial charge in [-0.15, -0.1) is 0 Å². The van der Waals surface area contributed by atoms with Crippen LogP contribution in [0.3, 0.4) is 0 Å². The Labute approximate surface area is 114 Å². The Balaban J connectivity index is 1.80. The second-order valence-electron chi connectivity index (χ2n) is 5.17. The zero-order chi connectivity index (χ0) is 14.3. The van der Waals surface area contributed by atoms with Gasteiger partial charge in [0.2, 0.25) is 11.9 Å². The van der Waals surface area contributed by atoms with Gasteiger partial charge in [-0.3, -0.25) is 9.59 Å². The zero-order valence-electron chi connectivity index (χ0n) is 10.5. The van der Waals surface area contributed by atoms with Gasteiger partial charge >= 0.3 is 5.97 Å². The molecule has 2 aliphatic carbocycles. The van der Waals surface area contributed by atoms with Crippen molar-refractivity contribution in [1.82, 2.24) is 4.98 Å². The van der Waals surface area contributed by atoms with Crippen LogP contribution < -0.4 is 5.32 Å².